The van der Waals surface area contributed by atoms with Crippen molar-refractivity contribution in [3.8, 4) is 33.9 Å². The lowest BCUT2D eigenvalue weighted by atomic mass is 9.94. The first kappa shape index (κ1) is 33.7. The molecule has 0 aliphatic heterocycles. The molecule has 11 rings (SSSR count). The van der Waals surface area contributed by atoms with Crippen LogP contribution in [0.25, 0.3) is 83.0 Å². The van der Waals surface area contributed by atoms with Crippen molar-refractivity contribution < 1.29 is 4.42 Å². The quantitative estimate of drug-likeness (QED) is 0.163. The number of aromatic nitrogens is 3. The Kier molecular flexibility index (Phi) is 8.21. The van der Waals surface area contributed by atoms with Crippen LogP contribution < -0.4 is 4.90 Å². The van der Waals surface area contributed by atoms with Crippen LogP contribution in [0.1, 0.15) is 18.7 Å². The topological polar surface area (TPSA) is 55.1 Å². The highest BCUT2D eigenvalue weighted by Gasteiger charge is 2.21. The van der Waals surface area contributed by atoms with Gasteiger partial charge in [0.15, 0.2) is 17.5 Å². The monoisotopic (exact) mass is 744 g/mol. The second-order valence-corrected chi connectivity index (χ2v) is 14.7. The summed E-state index contributed by atoms with van der Waals surface area (Å²) in [7, 11) is 0. The number of anilines is 3. The van der Waals surface area contributed by atoms with E-state index >= 15 is 0 Å². The SMILES string of the molecule is C1=CC(c2nc(-c3ccccc3)nc(-c3cc(-c4ccc(N(c5ccccc5)c5ccc6ccccc6c5)cc4)c4c(c3)oc3ccc5ccccc5c34)n2)=CCC1. The summed E-state index contributed by atoms with van der Waals surface area (Å²) in [5.41, 5.74) is 9.78. The molecule has 0 fully saturated rings. The third-order valence-corrected chi connectivity index (χ3v) is 11.1. The van der Waals surface area contributed by atoms with Gasteiger partial charge in [0, 0.05) is 44.5 Å². The van der Waals surface area contributed by atoms with Gasteiger partial charge in [0.25, 0.3) is 0 Å². The van der Waals surface area contributed by atoms with E-state index in [4.69, 9.17) is 19.4 Å². The smallest absolute Gasteiger partial charge is 0.164 e. The van der Waals surface area contributed by atoms with Crippen molar-refractivity contribution in [2.75, 3.05) is 4.90 Å². The fourth-order valence-electron chi connectivity index (χ4n) is 8.28. The molecular formula is C53H36N4O. The molecule has 2 heterocycles. The minimum Gasteiger partial charge on any atom is -0.456 e. The molecule has 0 radical (unpaired) electrons. The summed E-state index contributed by atoms with van der Waals surface area (Å²) in [6.45, 7) is 0. The minimum atomic E-state index is 0.598. The molecule has 1 aliphatic rings. The van der Waals surface area contributed by atoms with E-state index in [0.717, 1.165) is 85.1 Å². The van der Waals surface area contributed by atoms with Gasteiger partial charge in [-0.1, -0.05) is 140 Å². The fraction of sp³-hybridized carbons (Fsp3) is 0.0377. The van der Waals surface area contributed by atoms with Gasteiger partial charge in [0.05, 0.1) is 0 Å². The Morgan fingerprint density at radius 2 is 1.09 bits per heavy atom. The molecule has 0 N–H and O–H groups in total. The highest BCUT2D eigenvalue weighted by molar-refractivity contribution is 6.23. The molecule has 0 spiro atoms. The van der Waals surface area contributed by atoms with Crippen molar-refractivity contribution in [2.24, 2.45) is 0 Å². The number of furan rings is 1. The van der Waals surface area contributed by atoms with E-state index in [2.05, 4.69) is 169 Å². The molecule has 1 aliphatic carbocycles. The Bertz CT molecular complexity index is 3220. The Morgan fingerprint density at radius 3 is 1.88 bits per heavy atom. The first-order chi connectivity index (χ1) is 28.7. The van der Waals surface area contributed by atoms with E-state index in [9.17, 15) is 0 Å². The van der Waals surface area contributed by atoms with E-state index in [1.54, 1.807) is 0 Å². The molecule has 0 atom stereocenters. The number of benzene rings is 8. The van der Waals surface area contributed by atoms with Crippen LogP contribution in [-0.2, 0) is 0 Å². The van der Waals surface area contributed by atoms with Gasteiger partial charge in [-0.25, -0.2) is 15.0 Å². The van der Waals surface area contributed by atoms with Crippen molar-refractivity contribution in [1.82, 2.24) is 15.0 Å². The van der Waals surface area contributed by atoms with Crippen molar-refractivity contribution in [3.63, 3.8) is 0 Å². The van der Waals surface area contributed by atoms with Crippen LogP contribution in [-0.4, -0.2) is 15.0 Å². The number of allylic oxidation sites excluding steroid dienone is 4. The molecule has 0 amide bonds. The van der Waals surface area contributed by atoms with Gasteiger partial charge in [-0.15, -0.1) is 0 Å². The van der Waals surface area contributed by atoms with Crippen LogP contribution in [0.3, 0.4) is 0 Å². The van der Waals surface area contributed by atoms with Crippen LogP contribution in [0.2, 0.25) is 0 Å². The van der Waals surface area contributed by atoms with E-state index in [1.165, 1.54) is 16.2 Å². The molecule has 58 heavy (non-hydrogen) atoms. The van der Waals surface area contributed by atoms with Crippen LogP contribution in [0.4, 0.5) is 17.1 Å². The standard InChI is InChI=1S/C53H36N4O/c1-4-16-38(17-5-1)51-54-52(39-18-6-2-7-19-39)56-53(55-51)41-33-46(50-48(34-41)58-47-31-27-36-15-12-13-23-45(36)49(47)50)37-25-28-43(29-26-37)57(42-21-8-3-9-22-42)44-30-24-35-14-10-11-20-40(35)32-44/h1,3-6,8-34H,2,7H2. The number of hydrogen-bond donors (Lipinski definition) is 0. The van der Waals surface area contributed by atoms with Crippen molar-refractivity contribution in [2.45, 2.75) is 12.8 Å². The lowest BCUT2D eigenvalue weighted by Gasteiger charge is -2.26. The molecule has 5 heteroatoms. The molecule has 0 saturated heterocycles. The van der Waals surface area contributed by atoms with Gasteiger partial charge in [-0.05, 0) is 100 Å². The molecule has 2 aromatic heterocycles. The van der Waals surface area contributed by atoms with Crippen molar-refractivity contribution in [3.05, 3.63) is 200 Å². The zero-order valence-electron chi connectivity index (χ0n) is 31.6. The van der Waals surface area contributed by atoms with Crippen molar-refractivity contribution in [1.29, 1.82) is 0 Å². The van der Waals surface area contributed by atoms with Gasteiger partial charge < -0.3 is 9.32 Å². The number of hydrogen-bond acceptors (Lipinski definition) is 5. The molecule has 5 nitrogen and oxygen atoms in total. The zero-order chi connectivity index (χ0) is 38.4. The Labute approximate surface area is 335 Å². The number of para-hydroxylation sites is 1. The maximum atomic E-state index is 6.76. The molecule has 8 aromatic carbocycles. The summed E-state index contributed by atoms with van der Waals surface area (Å²) in [5, 5.41) is 6.89. The largest absolute Gasteiger partial charge is 0.456 e. The Hall–Kier alpha value is -7.63. The maximum Gasteiger partial charge on any atom is 0.164 e. The number of fused-ring (bicyclic) bond motifs is 6. The number of nitrogens with zero attached hydrogens (tertiary/aromatic N) is 4. The second kappa shape index (κ2) is 14.1. The van der Waals surface area contributed by atoms with Gasteiger partial charge in [-0.3, -0.25) is 0 Å². The summed E-state index contributed by atoms with van der Waals surface area (Å²) >= 11 is 0. The lowest BCUT2D eigenvalue weighted by Crippen LogP contribution is -2.09. The van der Waals surface area contributed by atoms with E-state index in [1.807, 2.05) is 30.3 Å². The molecule has 0 saturated carbocycles. The summed E-state index contributed by atoms with van der Waals surface area (Å²) in [6.07, 6.45) is 8.49. The van der Waals surface area contributed by atoms with Crippen LogP contribution in [0, 0.1) is 0 Å². The molecule has 0 unspecified atom stereocenters. The van der Waals surface area contributed by atoms with E-state index in [0.29, 0.717) is 17.5 Å². The van der Waals surface area contributed by atoms with Crippen molar-refractivity contribution >= 4 is 66.1 Å². The molecule has 274 valence electrons. The normalized spacial score (nSPS) is 12.7. The minimum absolute atomic E-state index is 0.598. The van der Waals surface area contributed by atoms with Gasteiger partial charge in [0.2, 0.25) is 0 Å². The zero-order valence-corrected chi connectivity index (χ0v) is 31.6. The molecule has 10 aromatic rings. The molecule has 0 bridgehead atoms. The predicted molar refractivity (Wildman–Crippen MR) is 239 cm³/mol. The van der Waals surface area contributed by atoms with Gasteiger partial charge in [-0.2, -0.15) is 0 Å². The van der Waals surface area contributed by atoms with Gasteiger partial charge >= 0.3 is 0 Å². The summed E-state index contributed by atoms with van der Waals surface area (Å²) < 4.78 is 6.76. The Morgan fingerprint density at radius 1 is 0.431 bits per heavy atom. The predicted octanol–water partition coefficient (Wildman–Crippen LogP) is 14.3. The second-order valence-electron chi connectivity index (χ2n) is 14.7. The van der Waals surface area contributed by atoms with Crippen LogP contribution in [0.15, 0.2) is 199 Å². The van der Waals surface area contributed by atoms with E-state index < -0.39 is 0 Å². The average molecular weight is 745 g/mol. The third-order valence-electron chi connectivity index (χ3n) is 11.1. The van der Waals surface area contributed by atoms with Crippen LogP contribution >= 0.6 is 0 Å². The summed E-state index contributed by atoms with van der Waals surface area (Å²) in [6, 6.07) is 61.8. The van der Waals surface area contributed by atoms with E-state index in [-0.39, 0.29) is 0 Å². The lowest BCUT2D eigenvalue weighted by molar-refractivity contribution is 0.669. The van der Waals surface area contributed by atoms with Crippen LogP contribution in [0.5, 0.6) is 0 Å². The fourth-order valence-corrected chi connectivity index (χ4v) is 8.28. The highest BCUT2D eigenvalue weighted by atomic mass is 16.3. The highest BCUT2D eigenvalue weighted by Crippen LogP contribution is 2.44. The first-order valence-corrected chi connectivity index (χ1v) is 19.7. The number of rotatable bonds is 7. The summed E-state index contributed by atoms with van der Waals surface area (Å²) in [5.74, 6) is 1.90. The third kappa shape index (κ3) is 6.01. The maximum absolute atomic E-state index is 6.76. The average Bonchev–Trinajstić information content (AvgIpc) is 3.69. The van der Waals surface area contributed by atoms with Gasteiger partial charge in [0.1, 0.15) is 11.2 Å². The Balaban J connectivity index is 1.12. The molecular weight excluding hydrogens is 709 g/mol. The summed E-state index contributed by atoms with van der Waals surface area (Å²) in [4.78, 5) is 17.6. The first-order valence-electron chi connectivity index (χ1n) is 19.7.